The van der Waals surface area contributed by atoms with E-state index in [0.29, 0.717) is 18.0 Å². The second kappa shape index (κ2) is 6.97. The normalized spacial score (nSPS) is 15.6. The number of benzene rings is 2. The Hall–Kier alpha value is -1.57. The van der Waals surface area contributed by atoms with E-state index in [1.807, 2.05) is 18.2 Å². The number of hydrogen-bond acceptors (Lipinski definition) is 3. The molecule has 0 spiro atoms. The monoisotopic (exact) mass is 378 g/mol. The van der Waals surface area contributed by atoms with Crippen molar-refractivity contribution in [2.24, 2.45) is 0 Å². The van der Waals surface area contributed by atoms with Crippen molar-refractivity contribution in [2.75, 3.05) is 16.1 Å². The molecule has 0 amide bonds. The molecule has 0 fully saturated rings. The molecule has 3 rings (SSSR count). The molecule has 0 saturated carbocycles. The maximum absolute atomic E-state index is 12.0. The van der Waals surface area contributed by atoms with E-state index in [-0.39, 0.29) is 0 Å². The first-order chi connectivity index (χ1) is 11.9. The summed E-state index contributed by atoms with van der Waals surface area (Å²) < 4.78 is 35.5. The van der Waals surface area contributed by atoms with E-state index in [1.165, 1.54) is 0 Å². The highest BCUT2D eigenvalue weighted by molar-refractivity contribution is 7.94. The Morgan fingerprint density at radius 1 is 1.00 bits per heavy atom. The summed E-state index contributed by atoms with van der Waals surface area (Å²) in [6.45, 7) is 7.37. The molecule has 7 heteroatoms. The number of anilines is 2. The Bertz CT molecular complexity index is 871. The van der Waals surface area contributed by atoms with Crippen molar-refractivity contribution in [1.29, 1.82) is 0 Å². The number of hydrogen-bond donors (Lipinski definition) is 2. The van der Waals surface area contributed by atoms with Gasteiger partial charge in [-0.25, -0.2) is 0 Å². The van der Waals surface area contributed by atoms with Crippen LogP contribution in [0.1, 0.15) is 26.3 Å². The van der Waals surface area contributed by atoms with E-state index in [2.05, 4.69) is 36.3 Å². The minimum Gasteiger partial charge on any atom is -0.416 e. The molecule has 2 N–H and O–H groups in total. The molecule has 136 valence electrons. The molecule has 25 heavy (non-hydrogen) atoms. The fraction of sp³-hybridized carbons (Fsp3) is 0.444. The van der Waals surface area contributed by atoms with Gasteiger partial charge in [0.05, 0.1) is 11.4 Å². The molecule has 0 unspecified atom stereocenters. The molecule has 1 aliphatic rings. The third kappa shape index (κ3) is 3.68. The van der Waals surface area contributed by atoms with Gasteiger partial charge in [-0.05, 0) is 47.6 Å². The van der Waals surface area contributed by atoms with Gasteiger partial charge in [-0.15, -0.1) is 0 Å². The van der Waals surface area contributed by atoms with E-state index >= 15 is 0 Å². The molecule has 0 radical (unpaired) electrons. The summed E-state index contributed by atoms with van der Waals surface area (Å²) in [5, 5.41) is 1.95. The van der Waals surface area contributed by atoms with Gasteiger partial charge in [0.25, 0.3) is 0 Å². The van der Waals surface area contributed by atoms with Gasteiger partial charge in [0.15, 0.2) is 8.32 Å². The van der Waals surface area contributed by atoms with Crippen molar-refractivity contribution in [3.63, 3.8) is 0 Å². The third-order valence-corrected chi connectivity index (χ3v) is 10.9. The predicted molar refractivity (Wildman–Crippen MR) is 107 cm³/mol. The standard InChI is InChI=1S/C18H26N2O3SSi/c1-4-25(5-2,6-3)23-11-10-14-12-15-8-7-9-16-18(15)17(13-14)20-24(21,22)19-16/h7-9,12-13,19-20H,4-6,10-11H2,1-3H3. The molecule has 0 aromatic heterocycles. The van der Waals surface area contributed by atoms with Gasteiger partial charge >= 0.3 is 10.2 Å². The van der Waals surface area contributed by atoms with E-state index < -0.39 is 18.5 Å². The zero-order valence-electron chi connectivity index (χ0n) is 15.1. The Morgan fingerprint density at radius 3 is 2.36 bits per heavy atom. The van der Waals surface area contributed by atoms with Crippen LogP contribution in [0.2, 0.25) is 18.1 Å². The van der Waals surface area contributed by atoms with Crippen molar-refractivity contribution < 1.29 is 12.8 Å². The number of nitrogens with one attached hydrogen (secondary N) is 2. The Kier molecular flexibility index (Phi) is 5.08. The van der Waals surface area contributed by atoms with E-state index in [9.17, 15) is 8.42 Å². The summed E-state index contributed by atoms with van der Waals surface area (Å²) >= 11 is 0. The van der Waals surface area contributed by atoms with Crippen LogP contribution in [0.25, 0.3) is 10.8 Å². The van der Waals surface area contributed by atoms with Crippen molar-refractivity contribution in [1.82, 2.24) is 0 Å². The molecule has 2 aromatic rings. The molecule has 0 aliphatic carbocycles. The molecule has 1 heterocycles. The molecule has 2 aromatic carbocycles. The smallest absolute Gasteiger partial charge is 0.321 e. The van der Waals surface area contributed by atoms with Crippen LogP contribution in [0, 0.1) is 0 Å². The lowest BCUT2D eigenvalue weighted by molar-refractivity contribution is 0.303. The average Bonchev–Trinajstić information content (AvgIpc) is 2.58. The fourth-order valence-electron chi connectivity index (χ4n) is 3.56. The van der Waals surface area contributed by atoms with Crippen LogP contribution >= 0.6 is 0 Å². The van der Waals surface area contributed by atoms with Crippen molar-refractivity contribution in [2.45, 2.75) is 45.3 Å². The lowest BCUT2D eigenvalue weighted by Crippen LogP contribution is -2.36. The van der Waals surface area contributed by atoms with Gasteiger partial charge < -0.3 is 4.43 Å². The van der Waals surface area contributed by atoms with Crippen LogP contribution in [0.3, 0.4) is 0 Å². The van der Waals surface area contributed by atoms with Gasteiger partial charge in [0.2, 0.25) is 0 Å². The quantitative estimate of drug-likeness (QED) is 0.698. The highest BCUT2D eigenvalue weighted by Crippen LogP contribution is 2.36. The lowest BCUT2D eigenvalue weighted by atomic mass is 10.0. The Labute approximate surface area is 151 Å². The van der Waals surface area contributed by atoms with E-state index in [4.69, 9.17) is 4.43 Å². The van der Waals surface area contributed by atoms with Crippen molar-refractivity contribution >= 4 is 40.7 Å². The summed E-state index contributed by atoms with van der Waals surface area (Å²) in [4.78, 5) is 0. The number of rotatable bonds is 7. The zero-order chi connectivity index (χ0) is 18.1. The second-order valence-corrected chi connectivity index (χ2v) is 12.8. The molecule has 1 aliphatic heterocycles. The van der Waals surface area contributed by atoms with E-state index in [1.54, 1.807) is 6.07 Å². The van der Waals surface area contributed by atoms with E-state index in [0.717, 1.165) is 40.9 Å². The van der Waals surface area contributed by atoms with Crippen LogP contribution in [0.15, 0.2) is 30.3 Å². The fourth-order valence-corrected chi connectivity index (χ4v) is 7.17. The third-order valence-electron chi connectivity index (χ3n) is 5.26. The SMILES string of the molecule is CC[Si](CC)(CC)OCCc1cc2c3c(cccc3c1)NS(=O)(=O)N2. The first-order valence-electron chi connectivity index (χ1n) is 8.92. The van der Waals surface area contributed by atoms with Gasteiger partial charge in [-0.2, -0.15) is 8.42 Å². The molecule has 5 nitrogen and oxygen atoms in total. The highest BCUT2D eigenvalue weighted by atomic mass is 32.2. The molecular weight excluding hydrogens is 352 g/mol. The Balaban J connectivity index is 1.85. The molecule has 0 saturated heterocycles. The van der Waals surface area contributed by atoms with Crippen LogP contribution in [0.5, 0.6) is 0 Å². The van der Waals surface area contributed by atoms with Crippen LogP contribution in [-0.2, 0) is 21.1 Å². The first-order valence-corrected chi connectivity index (χ1v) is 12.9. The topological polar surface area (TPSA) is 67.4 Å². The van der Waals surface area contributed by atoms with Gasteiger partial charge in [-0.1, -0.05) is 39.0 Å². The maximum atomic E-state index is 12.0. The maximum Gasteiger partial charge on any atom is 0.321 e. The largest absolute Gasteiger partial charge is 0.416 e. The molecule has 0 bridgehead atoms. The predicted octanol–water partition coefficient (Wildman–Crippen LogP) is 4.49. The van der Waals surface area contributed by atoms with Gasteiger partial charge in [0, 0.05) is 12.0 Å². The second-order valence-electron chi connectivity index (χ2n) is 6.60. The summed E-state index contributed by atoms with van der Waals surface area (Å²) in [5.74, 6) is 0. The van der Waals surface area contributed by atoms with Crippen molar-refractivity contribution in [3.05, 3.63) is 35.9 Å². The van der Waals surface area contributed by atoms with Crippen LogP contribution in [-0.4, -0.2) is 23.3 Å². The molecular formula is C18H26N2O3SSi. The zero-order valence-corrected chi connectivity index (χ0v) is 16.9. The van der Waals surface area contributed by atoms with Gasteiger partial charge in [0.1, 0.15) is 0 Å². The lowest BCUT2D eigenvalue weighted by Gasteiger charge is -2.28. The minimum atomic E-state index is -3.54. The Morgan fingerprint density at radius 2 is 1.68 bits per heavy atom. The highest BCUT2D eigenvalue weighted by Gasteiger charge is 2.28. The van der Waals surface area contributed by atoms with Crippen LogP contribution in [0.4, 0.5) is 11.4 Å². The van der Waals surface area contributed by atoms with Crippen LogP contribution < -0.4 is 9.44 Å². The average molecular weight is 379 g/mol. The summed E-state index contributed by atoms with van der Waals surface area (Å²) in [6.07, 6.45) is 0.789. The summed E-state index contributed by atoms with van der Waals surface area (Å²) in [5.41, 5.74) is 2.37. The van der Waals surface area contributed by atoms with Crippen molar-refractivity contribution in [3.8, 4) is 0 Å². The summed E-state index contributed by atoms with van der Waals surface area (Å²) in [7, 11) is -5.13. The summed E-state index contributed by atoms with van der Waals surface area (Å²) in [6, 6.07) is 13.1. The van der Waals surface area contributed by atoms with Gasteiger partial charge in [-0.3, -0.25) is 9.44 Å². The minimum absolute atomic E-state index is 0.628. The first kappa shape index (κ1) is 18.2. The molecule has 0 atom stereocenters.